The quantitative estimate of drug-likeness (QED) is 0.436. The highest BCUT2D eigenvalue weighted by molar-refractivity contribution is 5.93. The van der Waals surface area contributed by atoms with Gasteiger partial charge in [-0.1, -0.05) is 25.1 Å². The molecule has 3 aromatic rings. The second kappa shape index (κ2) is 5.88. The number of aromatic nitrogens is 2. The summed E-state index contributed by atoms with van der Waals surface area (Å²) in [6, 6.07) is 7.40. The second-order valence-corrected chi connectivity index (χ2v) is 7.39. The molecule has 8 nitrogen and oxygen atoms in total. The number of rotatable bonds is 2. The number of nitrogens with two attached hydrogens (primary N) is 1. The number of nitrogens with zero attached hydrogens (tertiary/aromatic N) is 2. The fourth-order valence-electron chi connectivity index (χ4n) is 4.52. The van der Waals surface area contributed by atoms with E-state index in [1.165, 1.54) is 4.57 Å². The highest BCUT2D eigenvalue weighted by Gasteiger charge is 2.47. The molecule has 2 aliphatic heterocycles. The van der Waals surface area contributed by atoms with Crippen LogP contribution in [0.15, 0.2) is 29.1 Å². The van der Waals surface area contributed by atoms with Gasteiger partial charge in [0.25, 0.3) is 5.56 Å². The summed E-state index contributed by atoms with van der Waals surface area (Å²) in [7, 11) is 0. The standard InChI is InChI=1S/C21H19N3O5/c1-2-21(28)15-13(9-29-20(21)27)19(26)24-7-11-12(8-25)10-5-3-4-6-14(10)23-17(11)18(24)16(15)22/h3-6,25,28H,2,7-9,22H2,1H3/t21-/m0/s1. The molecule has 0 unspecified atom stereocenters. The zero-order valence-corrected chi connectivity index (χ0v) is 15.7. The Bertz CT molecular complexity index is 1280. The molecule has 0 saturated carbocycles. The lowest BCUT2D eigenvalue weighted by Gasteiger charge is -2.33. The summed E-state index contributed by atoms with van der Waals surface area (Å²) < 4.78 is 6.56. The van der Waals surface area contributed by atoms with Gasteiger partial charge in [0.2, 0.25) is 0 Å². The van der Waals surface area contributed by atoms with Crippen LogP contribution in [0.1, 0.15) is 35.6 Å². The molecule has 0 amide bonds. The maximum atomic E-state index is 13.2. The van der Waals surface area contributed by atoms with Crippen LogP contribution in [0.2, 0.25) is 0 Å². The summed E-state index contributed by atoms with van der Waals surface area (Å²) in [5, 5.41) is 21.8. The Morgan fingerprint density at radius 3 is 2.76 bits per heavy atom. The number of nitrogen functional groups attached to an aromatic ring is 1. The first-order valence-electron chi connectivity index (χ1n) is 9.39. The number of hydrogen-bond acceptors (Lipinski definition) is 7. The third-order valence-corrected chi connectivity index (χ3v) is 6.02. The van der Waals surface area contributed by atoms with Gasteiger partial charge >= 0.3 is 5.97 Å². The van der Waals surface area contributed by atoms with Crippen molar-refractivity contribution >= 4 is 22.6 Å². The third-order valence-electron chi connectivity index (χ3n) is 6.02. The lowest BCUT2D eigenvalue weighted by Crippen LogP contribution is -2.45. The van der Waals surface area contributed by atoms with Crippen LogP contribution >= 0.6 is 0 Å². The maximum absolute atomic E-state index is 13.2. The van der Waals surface area contributed by atoms with Crippen LogP contribution in [0.4, 0.5) is 5.69 Å². The number of esters is 1. The Morgan fingerprint density at radius 2 is 2.03 bits per heavy atom. The van der Waals surface area contributed by atoms with Gasteiger partial charge in [-0.3, -0.25) is 4.79 Å². The van der Waals surface area contributed by atoms with Crippen molar-refractivity contribution in [2.45, 2.75) is 38.7 Å². The van der Waals surface area contributed by atoms with E-state index in [1.54, 1.807) is 6.92 Å². The third kappa shape index (κ3) is 2.12. The SMILES string of the molecule is CC[C@@]1(O)C(=O)OCc2c1c(N)c1n(c2=O)Cc2c-1nc1ccccc1c2CO. The van der Waals surface area contributed by atoms with E-state index in [4.69, 9.17) is 15.5 Å². The van der Waals surface area contributed by atoms with E-state index in [0.717, 1.165) is 5.39 Å². The van der Waals surface area contributed by atoms with Crippen molar-refractivity contribution in [2.24, 2.45) is 0 Å². The molecule has 148 valence electrons. The number of hydrogen-bond donors (Lipinski definition) is 3. The largest absolute Gasteiger partial charge is 0.458 e. The van der Waals surface area contributed by atoms with Crippen LogP contribution in [-0.2, 0) is 34.9 Å². The molecule has 2 aliphatic rings. The van der Waals surface area contributed by atoms with Crippen molar-refractivity contribution in [1.29, 1.82) is 0 Å². The van der Waals surface area contributed by atoms with Crippen molar-refractivity contribution < 1.29 is 19.7 Å². The van der Waals surface area contributed by atoms with Crippen molar-refractivity contribution in [3.63, 3.8) is 0 Å². The van der Waals surface area contributed by atoms with Crippen molar-refractivity contribution in [3.8, 4) is 11.4 Å². The highest BCUT2D eigenvalue weighted by Crippen LogP contribution is 2.44. The van der Waals surface area contributed by atoms with Crippen LogP contribution in [0.5, 0.6) is 0 Å². The van der Waals surface area contributed by atoms with E-state index in [9.17, 15) is 19.8 Å². The molecular weight excluding hydrogens is 374 g/mol. The van der Waals surface area contributed by atoms with E-state index in [-0.39, 0.29) is 48.6 Å². The molecule has 4 N–H and O–H groups in total. The van der Waals surface area contributed by atoms with Crippen molar-refractivity contribution in [2.75, 3.05) is 5.73 Å². The van der Waals surface area contributed by atoms with Gasteiger partial charge in [-0.25, -0.2) is 9.78 Å². The van der Waals surface area contributed by atoms with Gasteiger partial charge in [-0.05, 0) is 18.1 Å². The van der Waals surface area contributed by atoms with E-state index >= 15 is 0 Å². The Hall–Kier alpha value is -3.23. The van der Waals surface area contributed by atoms with Crippen LogP contribution < -0.4 is 11.3 Å². The number of cyclic esters (lactones) is 1. The molecule has 0 spiro atoms. The first-order chi connectivity index (χ1) is 13.9. The van der Waals surface area contributed by atoms with E-state index in [2.05, 4.69) is 0 Å². The molecule has 1 aromatic carbocycles. The number of aliphatic hydroxyl groups excluding tert-OH is 1. The van der Waals surface area contributed by atoms with Gasteiger partial charge in [0, 0.05) is 16.5 Å². The number of pyridine rings is 2. The molecule has 0 fully saturated rings. The van der Waals surface area contributed by atoms with E-state index < -0.39 is 11.6 Å². The fourth-order valence-corrected chi connectivity index (χ4v) is 4.52. The summed E-state index contributed by atoms with van der Waals surface area (Å²) in [6.45, 7) is 1.38. The lowest BCUT2D eigenvalue weighted by atomic mass is 9.84. The number of para-hydroxylation sites is 1. The number of ether oxygens (including phenoxy) is 1. The zero-order valence-electron chi connectivity index (χ0n) is 15.7. The topological polar surface area (TPSA) is 128 Å². The molecule has 2 aromatic heterocycles. The average molecular weight is 393 g/mol. The Balaban J connectivity index is 1.90. The number of carbonyl (C=O) groups is 1. The molecule has 0 bridgehead atoms. The van der Waals surface area contributed by atoms with Crippen LogP contribution in [-0.4, -0.2) is 25.7 Å². The molecule has 4 heterocycles. The highest BCUT2D eigenvalue weighted by atomic mass is 16.6. The van der Waals surface area contributed by atoms with E-state index in [0.29, 0.717) is 28.0 Å². The minimum atomic E-state index is -1.98. The predicted molar refractivity (Wildman–Crippen MR) is 105 cm³/mol. The maximum Gasteiger partial charge on any atom is 0.343 e. The van der Waals surface area contributed by atoms with E-state index in [1.807, 2.05) is 24.3 Å². The molecule has 0 aliphatic carbocycles. The van der Waals surface area contributed by atoms with Crippen LogP contribution in [0.25, 0.3) is 22.3 Å². The zero-order chi connectivity index (χ0) is 20.5. The number of aliphatic hydroxyl groups is 2. The van der Waals surface area contributed by atoms with Gasteiger partial charge in [-0.15, -0.1) is 0 Å². The first kappa shape index (κ1) is 17.8. The number of benzene rings is 1. The predicted octanol–water partition coefficient (Wildman–Crippen LogP) is 1.15. The number of carbonyl (C=O) groups excluding carboxylic acids is 1. The summed E-state index contributed by atoms with van der Waals surface area (Å²) in [4.78, 5) is 30.3. The van der Waals surface area contributed by atoms with Crippen LogP contribution in [0.3, 0.4) is 0 Å². The van der Waals surface area contributed by atoms with Gasteiger partial charge in [-0.2, -0.15) is 0 Å². The number of anilines is 1. The van der Waals surface area contributed by atoms with Gasteiger partial charge in [0.1, 0.15) is 6.61 Å². The Labute approximate surface area is 165 Å². The summed E-state index contributed by atoms with van der Waals surface area (Å²) in [6.07, 6.45) is 0.0197. The molecule has 0 saturated heterocycles. The normalized spacial score (nSPS) is 19.6. The molecule has 0 radical (unpaired) electrons. The van der Waals surface area contributed by atoms with Crippen molar-refractivity contribution in [1.82, 2.24) is 9.55 Å². The smallest absolute Gasteiger partial charge is 0.343 e. The molecule has 8 heteroatoms. The van der Waals surface area contributed by atoms with Crippen LogP contribution in [0, 0.1) is 0 Å². The Kier molecular flexibility index (Phi) is 3.62. The second-order valence-electron chi connectivity index (χ2n) is 7.39. The lowest BCUT2D eigenvalue weighted by molar-refractivity contribution is -0.172. The molecule has 29 heavy (non-hydrogen) atoms. The van der Waals surface area contributed by atoms with Gasteiger partial charge < -0.3 is 25.3 Å². The molecule has 1 atom stereocenters. The first-order valence-corrected chi connectivity index (χ1v) is 9.39. The fraction of sp³-hybridized carbons (Fsp3) is 0.286. The summed E-state index contributed by atoms with van der Waals surface area (Å²) in [5.74, 6) is -0.815. The summed E-state index contributed by atoms with van der Waals surface area (Å²) in [5.41, 5.74) is 7.45. The molecular formula is C21H19N3O5. The minimum Gasteiger partial charge on any atom is -0.458 e. The average Bonchev–Trinajstić information content (AvgIpc) is 3.11. The van der Waals surface area contributed by atoms with Crippen molar-refractivity contribution in [3.05, 3.63) is 56.9 Å². The summed E-state index contributed by atoms with van der Waals surface area (Å²) >= 11 is 0. The molecule has 5 rings (SSSR count). The van der Waals surface area contributed by atoms with Gasteiger partial charge in [0.15, 0.2) is 5.60 Å². The minimum absolute atomic E-state index is 0.0197. The Morgan fingerprint density at radius 1 is 1.28 bits per heavy atom. The number of fused-ring (bicyclic) bond motifs is 5. The monoisotopic (exact) mass is 393 g/mol. The van der Waals surface area contributed by atoms with Gasteiger partial charge in [0.05, 0.1) is 41.3 Å².